The van der Waals surface area contributed by atoms with Gasteiger partial charge in [-0.2, -0.15) is 0 Å². The van der Waals surface area contributed by atoms with E-state index < -0.39 is 0 Å². The number of aliphatic hydroxyl groups is 1. The summed E-state index contributed by atoms with van der Waals surface area (Å²) in [5.74, 6) is 0.588. The molecule has 0 aliphatic heterocycles. The van der Waals surface area contributed by atoms with Crippen molar-refractivity contribution in [2.24, 2.45) is 5.92 Å². The molecule has 0 amide bonds. The summed E-state index contributed by atoms with van der Waals surface area (Å²) in [6.07, 6.45) is 4.59. The van der Waals surface area contributed by atoms with E-state index >= 15 is 0 Å². The molecule has 0 aromatic carbocycles. The van der Waals surface area contributed by atoms with Crippen LogP contribution in [-0.4, -0.2) is 37.0 Å². The zero-order valence-electron chi connectivity index (χ0n) is 10.3. The molecule has 2 atom stereocenters. The Labute approximate surface area is 93.2 Å². The lowest BCUT2D eigenvalue weighted by Gasteiger charge is -2.39. The van der Waals surface area contributed by atoms with Gasteiger partial charge in [-0.05, 0) is 38.6 Å². The molecule has 0 aromatic rings. The molecule has 2 unspecified atom stereocenters. The van der Waals surface area contributed by atoms with Crippen molar-refractivity contribution in [2.45, 2.75) is 51.2 Å². The third-order valence-electron chi connectivity index (χ3n) is 3.30. The number of likely N-dealkylation sites (N-methyl/N-ethyl adjacent to an activating group) is 1. The highest BCUT2D eigenvalue weighted by molar-refractivity contribution is 4.92. The van der Waals surface area contributed by atoms with Gasteiger partial charge in [0.2, 0.25) is 0 Å². The fraction of sp³-hybridized carbons (Fsp3) is 1.00. The number of rotatable bonds is 5. The number of nitrogens with one attached hydrogen (secondary N) is 1. The molecule has 1 rings (SSSR count). The van der Waals surface area contributed by atoms with Gasteiger partial charge in [0.15, 0.2) is 0 Å². The van der Waals surface area contributed by atoms with Crippen LogP contribution >= 0.6 is 0 Å². The van der Waals surface area contributed by atoms with Gasteiger partial charge >= 0.3 is 0 Å². The first-order valence-corrected chi connectivity index (χ1v) is 6.03. The van der Waals surface area contributed by atoms with Crippen LogP contribution in [-0.2, 0) is 4.74 Å². The number of hydrogen-bond acceptors (Lipinski definition) is 3. The van der Waals surface area contributed by atoms with E-state index in [4.69, 9.17) is 4.74 Å². The normalized spacial score (nSPS) is 32.2. The highest BCUT2D eigenvalue weighted by Crippen LogP contribution is 2.29. The van der Waals surface area contributed by atoms with E-state index in [-0.39, 0.29) is 12.1 Å². The van der Waals surface area contributed by atoms with Crippen molar-refractivity contribution < 1.29 is 9.84 Å². The van der Waals surface area contributed by atoms with Crippen LogP contribution in [0, 0.1) is 5.92 Å². The molecule has 1 aliphatic carbocycles. The zero-order chi connectivity index (χ0) is 11.3. The summed E-state index contributed by atoms with van der Waals surface area (Å²) in [6, 6.07) is 0. The Hall–Kier alpha value is -0.120. The van der Waals surface area contributed by atoms with E-state index in [9.17, 15) is 5.11 Å². The molecule has 0 bridgehead atoms. The summed E-state index contributed by atoms with van der Waals surface area (Å²) in [5, 5.41) is 12.7. The summed E-state index contributed by atoms with van der Waals surface area (Å²) in [7, 11) is 1.93. The van der Waals surface area contributed by atoms with Crippen molar-refractivity contribution in [3.63, 3.8) is 0 Å². The lowest BCUT2D eigenvalue weighted by Crippen LogP contribution is -2.51. The lowest BCUT2D eigenvalue weighted by atomic mass is 9.81. The van der Waals surface area contributed by atoms with Crippen molar-refractivity contribution >= 4 is 0 Å². The number of aliphatic hydroxyl groups excluding tert-OH is 1. The smallest absolute Gasteiger partial charge is 0.0614 e. The third-order valence-corrected chi connectivity index (χ3v) is 3.30. The number of hydrogen-bond donors (Lipinski definition) is 2. The zero-order valence-corrected chi connectivity index (χ0v) is 10.3. The Bertz CT molecular complexity index is 178. The van der Waals surface area contributed by atoms with E-state index in [1.165, 1.54) is 0 Å². The Balaban J connectivity index is 2.41. The molecular formula is C12H25NO2. The van der Waals surface area contributed by atoms with Gasteiger partial charge in [0.1, 0.15) is 0 Å². The van der Waals surface area contributed by atoms with Crippen molar-refractivity contribution in [3.05, 3.63) is 0 Å². The highest BCUT2D eigenvalue weighted by atomic mass is 16.5. The Morgan fingerprint density at radius 1 is 1.53 bits per heavy atom. The summed E-state index contributed by atoms with van der Waals surface area (Å²) in [5.41, 5.74) is -0.0973. The highest BCUT2D eigenvalue weighted by Gasteiger charge is 2.34. The van der Waals surface area contributed by atoms with Crippen LogP contribution in [0.1, 0.15) is 39.5 Å². The SMILES string of the molecule is CNC1(CO)CCCC(OCC(C)C)C1. The molecule has 0 spiro atoms. The van der Waals surface area contributed by atoms with Crippen molar-refractivity contribution in [1.29, 1.82) is 0 Å². The van der Waals surface area contributed by atoms with Gasteiger partial charge in [-0.15, -0.1) is 0 Å². The first-order valence-electron chi connectivity index (χ1n) is 6.03. The third kappa shape index (κ3) is 3.74. The van der Waals surface area contributed by atoms with Gasteiger partial charge in [0.25, 0.3) is 0 Å². The van der Waals surface area contributed by atoms with Crippen LogP contribution in [0.3, 0.4) is 0 Å². The monoisotopic (exact) mass is 215 g/mol. The molecule has 0 saturated heterocycles. The Morgan fingerprint density at radius 2 is 2.27 bits per heavy atom. The standard InChI is InChI=1S/C12H25NO2/c1-10(2)8-15-11-5-4-6-12(7-11,9-14)13-3/h10-11,13-14H,4-9H2,1-3H3. The predicted molar refractivity (Wildman–Crippen MR) is 61.9 cm³/mol. The van der Waals surface area contributed by atoms with Crippen LogP contribution in [0.4, 0.5) is 0 Å². The van der Waals surface area contributed by atoms with Crippen molar-refractivity contribution in [3.8, 4) is 0 Å². The van der Waals surface area contributed by atoms with Gasteiger partial charge in [-0.3, -0.25) is 0 Å². The summed E-state index contributed by atoms with van der Waals surface area (Å²) < 4.78 is 5.85. The molecule has 0 aromatic heterocycles. The summed E-state index contributed by atoms with van der Waals surface area (Å²) in [4.78, 5) is 0. The van der Waals surface area contributed by atoms with Crippen LogP contribution in [0.5, 0.6) is 0 Å². The number of ether oxygens (including phenoxy) is 1. The largest absolute Gasteiger partial charge is 0.394 e. The topological polar surface area (TPSA) is 41.5 Å². The Morgan fingerprint density at radius 3 is 2.80 bits per heavy atom. The predicted octanol–water partition coefficient (Wildman–Crippen LogP) is 1.55. The Kier molecular flexibility index (Phi) is 5.03. The molecule has 3 nitrogen and oxygen atoms in total. The average molecular weight is 215 g/mol. The second-order valence-electron chi connectivity index (χ2n) is 5.13. The maximum absolute atomic E-state index is 9.42. The van der Waals surface area contributed by atoms with Crippen molar-refractivity contribution in [1.82, 2.24) is 5.32 Å². The van der Waals surface area contributed by atoms with Crippen LogP contribution in [0.15, 0.2) is 0 Å². The second-order valence-corrected chi connectivity index (χ2v) is 5.13. The van der Waals surface area contributed by atoms with Gasteiger partial charge in [-0.25, -0.2) is 0 Å². The molecule has 1 saturated carbocycles. The minimum Gasteiger partial charge on any atom is -0.394 e. The molecule has 0 radical (unpaired) electrons. The van der Waals surface area contributed by atoms with Crippen LogP contribution in [0.2, 0.25) is 0 Å². The molecule has 0 heterocycles. The molecule has 1 aliphatic rings. The fourth-order valence-corrected chi connectivity index (χ4v) is 2.23. The first kappa shape index (κ1) is 12.9. The summed E-state index contributed by atoms with van der Waals surface area (Å²) >= 11 is 0. The molecule has 15 heavy (non-hydrogen) atoms. The maximum Gasteiger partial charge on any atom is 0.0614 e. The first-order chi connectivity index (χ1) is 7.12. The van der Waals surface area contributed by atoms with Gasteiger partial charge in [-0.1, -0.05) is 13.8 Å². The van der Waals surface area contributed by atoms with Crippen LogP contribution in [0.25, 0.3) is 0 Å². The van der Waals surface area contributed by atoms with Crippen molar-refractivity contribution in [2.75, 3.05) is 20.3 Å². The van der Waals surface area contributed by atoms with E-state index in [0.717, 1.165) is 32.3 Å². The average Bonchev–Trinajstić information content (AvgIpc) is 2.26. The molecule has 90 valence electrons. The fourth-order valence-electron chi connectivity index (χ4n) is 2.23. The van der Waals surface area contributed by atoms with E-state index in [0.29, 0.717) is 12.0 Å². The molecule has 1 fully saturated rings. The maximum atomic E-state index is 9.42. The second kappa shape index (κ2) is 5.83. The van der Waals surface area contributed by atoms with Gasteiger partial charge in [0, 0.05) is 12.1 Å². The van der Waals surface area contributed by atoms with Gasteiger partial charge < -0.3 is 15.2 Å². The molecule has 2 N–H and O–H groups in total. The molecule has 3 heteroatoms. The molecular weight excluding hydrogens is 190 g/mol. The van der Waals surface area contributed by atoms with E-state index in [2.05, 4.69) is 19.2 Å². The lowest BCUT2D eigenvalue weighted by molar-refractivity contribution is -0.0233. The van der Waals surface area contributed by atoms with Crippen LogP contribution < -0.4 is 5.32 Å². The van der Waals surface area contributed by atoms with E-state index in [1.54, 1.807) is 0 Å². The minimum absolute atomic E-state index is 0.0973. The minimum atomic E-state index is -0.0973. The van der Waals surface area contributed by atoms with E-state index in [1.807, 2.05) is 7.05 Å². The van der Waals surface area contributed by atoms with Gasteiger partial charge in [0.05, 0.1) is 12.7 Å². The summed E-state index contributed by atoms with van der Waals surface area (Å²) in [6.45, 7) is 5.38. The quantitative estimate of drug-likeness (QED) is 0.731.